The molecule has 4 nitrogen and oxygen atoms in total. The van der Waals surface area contributed by atoms with Crippen molar-refractivity contribution >= 4 is 5.69 Å². The third kappa shape index (κ3) is 1.75. The van der Waals surface area contributed by atoms with E-state index in [1.54, 1.807) is 7.11 Å². The molecule has 0 aliphatic heterocycles. The lowest BCUT2D eigenvalue weighted by Crippen LogP contribution is -1.94. The van der Waals surface area contributed by atoms with Crippen LogP contribution in [0.3, 0.4) is 0 Å². The number of nitrogens with zero attached hydrogens (tertiary/aromatic N) is 1. The molecule has 0 aliphatic rings. The summed E-state index contributed by atoms with van der Waals surface area (Å²) in [6.45, 7) is 5.86. The summed E-state index contributed by atoms with van der Waals surface area (Å²) in [5.41, 5.74) is 10.4. The number of hydrogen-bond acceptors (Lipinski definition) is 4. The Labute approximate surface area is 100 Å². The van der Waals surface area contributed by atoms with Crippen molar-refractivity contribution in [3.63, 3.8) is 0 Å². The summed E-state index contributed by atoms with van der Waals surface area (Å²) in [6.07, 6.45) is 0. The SMILES string of the molecule is COc1ccc(-c2onc(C)c2N)c(C)c1C. The Balaban J connectivity index is 2.61. The zero-order valence-electron chi connectivity index (χ0n) is 10.5. The Bertz CT molecular complexity index is 559. The van der Waals surface area contributed by atoms with Gasteiger partial charge in [-0.2, -0.15) is 0 Å². The van der Waals surface area contributed by atoms with E-state index in [9.17, 15) is 0 Å². The zero-order valence-corrected chi connectivity index (χ0v) is 10.5. The molecule has 0 atom stereocenters. The Morgan fingerprint density at radius 3 is 2.41 bits per heavy atom. The fraction of sp³-hybridized carbons (Fsp3) is 0.308. The average molecular weight is 232 g/mol. The van der Waals surface area contributed by atoms with Gasteiger partial charge in [-0.25, -0.2) is 0 Å². The van der Waals surface area contributed by atoms with Crippen LogP contribution in [-0.2, 0) is 0 Å². The van der Waals surface area contributed by atoms with Crippen molar-refractivity contribution in [1.29, 1.82) is 0 Å². The molecule has 90 valence electrons. The van der Waals surface area contributed by atoms with Crippen LogP contribution in [0.2, 0.25) is 0 Å². The largest absolute Gasteiger partial charge is 0.496 e. The van der Waals surface area contributed by atoms with Crippen LogP contribution >= 0.6 is 0 Å². The molecule has 0 spiro atoms. The molecule has 0 saturated carbocycles. The molecule has 0 unspecified atom stereocenters. The van der Waals surface area contributed by atoms with E-state index in [2.05, 4.69) is 5.16 Å². The van der Waals surface area contributed by atoms with Gasteiger partial charge in [0, 0.05) is 5.56 Å². The number of aryl methyl sites for hydroxylation is 1. The summed E-state index contributed by atoms with van der Waals surface area (Å²) in [5, 5.41) is 3.87. The van der Waals surface area contributed by atoms with Crippen molar-refractivity contribution in [3.05, 3.63) is 29.0 Å². The molecule has 0 radical (unpaired) electrons. The number of anilines is 1. The van der Waals surface area contributed by atoms with Crippen LogP contribution in [0.15, 0.2) is 16.7 Å². The molecule has 2 rings (SSSR count). The van der Waals surface area contributed by atoms with E-state index >= 15 is 0 Å². The van der Waals surface area contributed by atoms with Gasteiger partial charge in [-0.3, -0.25) is 0 Å². The van der Waals surface area contributed by atoms with Gasteiger partial charge >= 0.3 is 0 Å². The van der Waals surface area contributed by atoms with Gasteiger partial charge in [0.25, 0.3) is 0 Å². The first-order valence-electron chi connectivity index (χ1n) is 5.42. The Hall–Kier alpha value is -1.97. The second kappa shape index (κ2) is 4.13. The number of rotatable bonds is 2. The van der Waals surface area contributed by atoms with E-state index in [1.165, 1.54) is 0 Å². The molecule has 0 amide bonds. The Morgan fingerprint density at radius 2 is 1.88 bits per heavy atom. The van der Waals surface area contributed by atoms with Crippen LogP contribution in [0.4, 0.5) is 5.69 Å². The molecule has 1 heterocycles. The number of aromatic nitrogens is 1. The number of methoxy groups -OCH3 is 1. The topological polar surface area (TPSA) is 61.3 Å². The lowest BCUT2D eigenvalue weighted by molar-refractivity contribution is 0.410. The third-order valence-corrected chi connectivity index (χ3v) is 3.11. The van der Waals surface area contributed by atoms with Crippen molar-refractivity contribution < 1.29 is 9.26 Å². The molecule has 4 heteroatoms. The lowest BCUT2D eigenvalue weighted by atomic mass is 10.00. The van der Waals surface area contributed by atoms with Crippen LogP contribution in [-0.4, -0.2) is 12.3 Å². The summed E-state index contributed by atoms with van der Waals surface area (Å²) in [4.78, 5) is 0. The first-order chi connectivity index (χ1) is 8.06. The van der Waals surface area contributed by atoms with Gasteiger partial charge in [0.1, 0.15) is 17.1 Å². The first kappa shape index (κ1) is 11.5. The number of nitrogen functional groups attached to an aromatic ring is 1. The average Bonchev–Trinajstić information content (AvgIpc) is 2.64. The van der Waals surface area contributed by atoms with Gasteiger partial charge in [0.05, 0.1) is 7.11 Å². The molecule has 0 saturated heterocycles. The van der Waals surface area contributed by atoms with Gasteiger partial charge in [-0.1, -0.05) is 5.16 Å². The minimum Gasteiger partial charge on any atom is -0.496 e. The van der Waals surface area contributed by atoms with Crippen LogP contribution in [0.5, 0.6) is 5.75 Å². The highest BCUT2D eigenvalue weighted by atomic mass is 16.5. The third-order valence-electron chi connectivity index (χ3n) is 3.11. The second-order valence-electron chi connectivity index (χ2n) is 4.08. The van der Waals surface area contributed by atoms with Gasteiger partial charge in [-0.05, 0) is 44.0 Å². The van der Waals surface area contributed by atoms with Crippen LogP contribution in [0, 0.1) is 20.8 Å². The highest BCUT2D eigenvalue weighted by Gasteiger charge is 2.16. The summed E-state index contributed by atoms with van der Waals surface area (Å²) < 4.78 is 10.5. The molecule has 2 N–H and O–H groups in total. The predicted molar refractivity (Wildman–Crippen MR) is 67.1 cm³/mol. The summed E-state index contributed by atoms with van der Waals surface area (Å²) in [7, 11) is 1.66. The van der Waals surface area contributed by atoms with E-state index in [1.807, 2.05) is 32.9 Å². The van der Waals surface area contributed by atoms with E-state index in [0.717, 1.165) is 22.4 Å². The number of hydrogen-bond donors (Lipinski definition) is 1. The van der Waals surface area contributed by atoms with Crippen molar-refractivity contribution in [2.45, 2.75) is 20.8 Å². The Morgan fingerprint density at radius 1 is 1.18 bits per heavy atom. The number of benzene rings is 1. The highest BCUT2D eigenvalue weighted by molar-refractivity contribution is 5.76. The highest BCUT2D eigenvalue weighted by Crippen LogP contribution is 2.34. The van der Waals surface area contributed by atoms with Crippen molar-refractivity contribution in [3.8, 4) is 17.1 Å². The molecule has 2 aromatic rings. The maximum absolute atomic E-state index is 5.94. The number of nitrogens with two attached hydrogens (primary N) is 1. The monoisotopic (exact) mass is 232 g/mol. The van der Waals surface area contributed by atoms with Gasteiger partial charge in [-0.15, -0.1) is 0 Å². The maximum atomic E-state index is 5.94. The van der Waals surface area contributed by atoms with Crippen molar-refractivity contribution in [2.75, 3.05) is 12.8 Å². The van der Waals surface area contributed by atoms with Crippen molar-refractivity contribution in [2.24, 2.45) is 0 Å². The molecular formula is C13H16N2O2. The molecule has 1 aromatic heterocycles. The van der Waals surface area contributed by atoms with E-state index in [0.29, 0.717) is 17.1 Å². The summed E-state index contributed by atoms with van der Waals surface area (Å²) >= 11 is 0. The van der Waals surface area contributed by atoms with Gasteiger partial charge in [0.2, 0.25) is 0 Å². The predicted octanol–water partition coefficient (Wildman–Crippen LogP) is 2.86. The Kier molecular flexibility index (Phi) is 2.79. The fourth-order valence-corrected chi connectivity index (χ4v) is 1.83. The van der Waals surface area contributed by atoms with E-state index < -0.39 is 0 Å². The van der Waals surface area contributed by atoms with Crippen LogP contribution < -0.4 is 10.5 Å². The van der Waals surface area contributed by atoms with Gasteiger partial charge < -0.3 is 15.0 Å². The second-order valence-corrected chi connectivity index (χ2v) is 4.08. The standard InChI is InChI=1S/C13H16N2O2/c1-7-8(2)11(16-4)6-5-10(7)13-12(14)9(3)15-17-13/h5-6H,14H2,1-4H3. The number of ether oxygens (including phenoxy) is 1. The normalized spacial score (nSPS) is 10.6. The van der Waals surface area contributed by atoms with E-state index in [-0.39, 0.29) is 0 Å². The smallest absolute Gasteiger partial charge is 0.190 e. The molecule has 17 heavy (non-hydrogen) atoms. The van der Waals surface area contributed by atoms with E-state index in [4.69, 9.17) is 15.0 Å². The molecule has 1 aromatic carbocycles. The zero-order chi connectivity index (χ0) is 12.6. The van der Waals surface area contributed by atoms with Crippen LogP contribution in [0.1, 0.15) is 16.8 Å². The minimum atomic E-state index is 0.595. The molecule has 0 aliphatic carbocycles. The summed E-state index contributed by atoms with van der Waals surface area (Å²) in [6, 6.07) is 3.85. The first-order valence-corrected chi connectivity index (χ1v) is 5.42. The molecular weight excluding hydrogens is 216 g/mol. The maximum Gasteiger partial charge on any atom is 0.190 e. The minimum absolute atomic E-state index is 0.595. The summed E-state index contributed by atoms with van der Waals surface area (Å²) in [5.74, 6) is 1.49. The fourth-order valence-electron chi connectivity index (χ4n) is 1.83. The molecule has 0 fully saturated rings. The van der Waals surface area contributed by atoms with Gasteiger partial charge in [0.15, 0.2) is 5.76 Å². The van der Waals surface area contributed by atoms with Crippen molar-refractivity contribution in [1.82, 2.24) is 5.16 Å². The molecule has 0 bridgehead atoms. The lowest BCUT2D eigenvalue weighted by Gasteiger charge is -2.10. The quantitative estimate of drug-likeness (QED) is 0.864. The van der Waals surface area contributed by atoms with Crippen LogP contribution in [0.25, 0.3) is 11.3 Å².